The molecule has 21 heavy (non-hydrogen) atoms. The standard InChI is InChI=1S/C16H22N2O3/c1-5-8-16(10-17,15(2,18)11-19)12-6-7-13(20-3)14(9-12)21-4/h5-7,9,19H,1,8,11,18H2,2-4H3/t15-,16?/m1/s1. The molecule has 0 aliphatic heterocycles. The van der Waals surface area contributed by atoms with Crippen LogP contribution in [0.5, 0.6) is 11.5 Å². The van der Waals surface area contributed by atoms with Gasteiger partial charge in [-0.1, -0.05) is 12.1 Å². The van der Waals surface area contributed by atoms with Gasteiger partial charge in [-0.15, -0.1) is 6.58 Å². The lowest BCUT2D eigenvalue weighted by Gasteiger charge is -2.40. The number of rotatable bonds is 7. The molecule has 1 rings (SSSR count). The second-order valence-corrected chi connectivity index (χ2v) is 5.16. The summed E-state index contributed by atoms with van der Waals surface area (Å²) in [6, 6.07) is 7.45. The van der Waals surface area contributed by atoms with Crippen molar-refractivity contribution in [2.24, 2.45) is 5.73 Å². The van der Waals surface area contributed by atoms with Crippen LogP contribution in [0.25, 0.3) is 0 Å². The monoisotopic (exact) mass is 290 g/mol. The second-order valence-electron chi connectivity index (χ2n) is 5.16. The number of nitrogens with zero attached hydrogens (tertiary/aromatic N) is 1. The van der Waals surface area contributed by atoms with Gasteiger partial charge in [0.05, 0.1) is 32.4 Å². The average Bonchev–Trinajstić information content (AvgIpc) is 2.51. The highest BCUT2D eigenvalue weighted by molar-refractivity contribution is 5.49. The number of aliphatic hydroxyl groups is 1. The molecule has 0 aromatic heterocycles. The molecule has 0 heterocycles. The molecule has 1 aromatic carbocycles. The zero-order valence-corrected chi connectivity index (χ0v) is 12.7. The lowest BCUT2D eigenvalue weighted by Crippen LogP contribution is -2.58. The Bertz CT molecular complexity index is 549. The number of allylic oxidation sites excluding steroid dienone is 1. The van der Waals surface area contributed by atoms with Gasteiger partial charge in [-0.25, -0.2) is 0 Å². The second kappa shape index (κ2) is 6.61. The van der Waals surface area contributed by atoms with Gasteiger partial charge < -0.3 is 20.3 Å². The van der Waals surface area contributed by atoms with Gasteiger partial charge in [-0.05, 0) is 31.0 Å². The summed E-state index contributed by atoms with van der Waals surface area (Å²) >= 11 is 0. The van der Waals surface area contributed by atoms with Crippen LogP contribution in [-0.2, 0) is 5.41 Å². The number of ether oxygens (including phenoxy) is 2. The van der Waals surface area contributed by atoms with Gasteiger partial charge in [0.25, 0.3) is 0 Å². The molecule has 1 aromatic rings. The van der Waals surface area contributed by atoms with Crippen LogP contribution < -0.4 is 15.2 Å². The van der Waals surface area contributed by atoms with Crippen molar-refractivity contribution in [3.63, 3.8) is 0 Å². The van der Waals surface area contributed by atoms with Gasteiger partial charge in [0.2, 0.25) is 0 Å². The smallest absolute Gasteiger partial charge is 0.161 e. The van der Waals surface area contributed by atoms with E-state index in [4.69, 9.17) is 15.2 Å². The van der Waals surface area contributed by atoms with E-state index in [0.717, 1.165) is 0 Å². The predicted octanol–water partition coefficient (Wildman–Crippen LogP) is 1.75. The topological polar surface area (TPSA) is 88.5 Å². The number of nitrogens with two attached hydrogens (primary N) is 1. The molecule has 0 fully saturated rings. The van der Waals surface area contributed by atoms with Crippen LogP contribution in [0.2, 0.25) is 0 Å². The maximum atomic E-state index is 9.76. The summed E-state index contributed by atoms with van der Waals surface area (Å²) in [6.07, 6.45) is 1.94. The van der Waals surface area contributed by atoms with Gasteiger partial charge in [0, 0.05) is 0 Å². The normalized spacial score (nSPS) is 16.2. The molecule has 114 valence electrons. The van der Waals surface area contributed by atoms with Gasteiger partial charge in [-0.3, -0.25) is 0 Å². The summed E-state index contributed by atoms with van der Waals surface area (Å²) in [5, 5.41) is 19.4. The van der Waals surface area contributed by atoms with Crippen LogP contribution in [0.4, 0.5) is 0 Å². The van der Waals surface area contributed by atoms with E-state index in [-0.39, 0.29) is 6.61 Å². The molecule has 1 unspecified atom stereocenters. The summed E-state index contributed by atoms with van der Waals surface area (Å²) < 4.78 is 10.5. The first-order valence-corrected chi connectivity index (χ1v) is 6.56. The molecule has 5 heteroatoms. The maximum absolute atomic E-state index is 9.76. The Kier molecular flexibility index (Phi) is 5.36. The summed E-state index contributed by atoms with van der Waals surface area (Å²) in [4.78, 5) is 0. The fourth-order valence-electron chi connectivity index (χ4n) is 2.37. The lowest BCUT2D eigenvalue weighted by atomic mass is 9.65. The lowest BCUT2D eigenvalue weighted by molar-refractivity contribution is 0.156. The van der Waals surface area contributed by atoms with Gasteiger partial charge in [0.15, 0.2) is 11.5 Å². The molecule has 0 saturated heterocycles. The third kappa shape index (κ3) is 2.87. The predicted molar refractivity (Wildman–Crippen MR) is 81.3 cm³/mol. The number of hydrogen-bond donors (Lipinski definition) is 2. The molecule has 0 aliphatic carbocycles. The fraction of sp³-hybridized carbons (Fsp3) is 0.438. The first kappa shape index (κ1) is 17.0. The Balaban J connectivity index is 3.54. The Labute approximate surface area is 125 Å². The Morgan fingerprint density at radius 2 is 2.00 bits per heavy atom. The van der Waals surface area contributed by atoms with E-state index in [2.05, 4.69) is 12.6 Å². The van der Waals surface area contributed by atoms with Crippen molar-refractivity contribution in [2.75, 3.05) is 20.8 Å². The van der Waals surface area contributed by atoms with Crippen molar-refractivity contribution in [1.82, 2.24) is 0 Å². The Morgan fingerprint density at radius 1 is 1.38 bits per heavy atom. The van der Waals surface area contributed by atoms with Crippen LogP contribution in [-0.4, -0.2) is 31.5 Å². The molecule has 2 atom stereocenters. The Morgan fingerprint density at radius 3 is 2.43 bits per heavy atom. The van der Waals surface area contributed by atoms with Crippen LogP contribution in [0.1, 0.15) is 18.9 Å². The van der Waals surface area contributed by atoms with Crippen molar-refractivity contribution in [1.29, 1.82) is 5.26 Å². The van der Waals surface area contributed by atoms with E-state index in [0.29, 0.717) is 23.5 Å². The van der Waals surface area contributed by atoms with E-state index in [1.807, 2.05) is 0 Å². The summed E-state index contributed by atoms with van der Waals surface area (Å²) in [5.74, 6) is 1.07. The highest BCUT2D eigenvalue weighted by Gasteiger charge is 2.47. The molecule has 0 saturated carbocycles. The van der Waals surface area contributed by atoms with Crippen molar-refractivity contribution in [3.8, 4) is 17.6 Å². The van der Waals surface area contributed by atoms with Gasteiger partial charge >= 0.3 is 0 Å². The minimum Gasteiger partial charge on any atom is -0.493 e. The van der Waals surface area contributed by atoms with Gasteiger partial charge in [-0.2, -0.15) is 5.26 Å². The van der Waals surface area contributed by atoms with E-state index in [1.54, 1.807) is 38.3 Å². The first-order chi connectivity index (χ1) is 9.92. The minimum atomic E-state index is -1.13. The molecule has 3 N–H and O–H groups in total. The van der Waals surface area contributed by atoms with Crippen molar-refractivity contribution >= 4 is 0 Å². The van der Waals surface area contributed by atoms with E-state index >= 15 is 0 Å². The summed E-state index contributed by atoms with van der Waals surface area (Å²) in [5.41, 5.74) is 4.61. The third-order valence-electron chi connectivity index (χ3n) is 3.82. The first-order valence-electron chi connectivity index (χ1n) is 6.56. The number of benzene rings is 1. The number of aliphatic hydroxyl groups excluding tert-OH is 1. The highest BCUT2D eigenvalue weighted by Crippen LogP contribution is 2.40. The largest absolute Gasteiger partial charge is 0.493 e. The van der Waals surface area contributed by atoms with Crippen LogP contribution in [0.3, 0.4) is 0 Å². The zero-order valence-electron chi connectivity index (χ0n) is 12.7. The molecule has 0 spiro atoms. The molecule has 0 amide bonds. The van der Waals surface area contributed by atoms with Crippen molar-refractivity contribution in [2.45, 2.75) is 24.3 Å². The fourth-order valence-corrected chi connectivity index (χ4v) is 2.37. The summed E-state index contributed by atoms with van der Waals surface area (Å²) in [7, 11) is 3.07. The molecule has 0 radical (unpaired) electrons. The number of methoxy groups -OCH3 is 2. The summed E-state index contributed by atoms with van der Waals surface area (Å²) in [6.45, 7) is 5.02. The minimum absolute atomic E-state index is 0.312. The van der Waals surface area contributed by atoms with Crippen LogP contribution >= 0.6 is 0 Å². The van der Waals surface area contributed by atoms with Crippen LogP contribution in [0.15, 0.2) is 30.9 Å². The molecule has 0 aliphatic rings. The van der Waals surface area contributed by atoms with Gasteiger partial charge in [0.1, 0.15) is 5.41 Å². The van der Waals surface area contributed by atoms with Crippen LogP contribution in [0, 0.1) is 11.3 Å². The highest BCUT2D eigenvalue weighted by atomic mass is 16.5. The SMILES string of the molecule is C=CCC(C#N)(c1ccc(OC)c(OC)c1)[C@](C)(N)CO. The Hall–Kier alpha value is -2.03. The van der Waals surface area contributed by atoms with Crippen molar-refractivity contribution in [3.05, 3.63) is 36.4 Å². The van der Waals surface area contributed by atoms with E-state index in [1.165, 1.54) is 7.11 Å². The molecular formula is C16H22N2O3. The number of nitriles is 1. The quantitative estimate of drug-likeness (QED) is 0.747. The maximum Gasteiger partial charge on any atom is 0.161 e. The molecule has 0 bridgehead atoms. The molecule has 5 nitrogen and oxygen atoms in total. The van der Waals surface area contributed by atoms with E-state index in [9.17, 15) is 10.4 Å². The average molecular weight is 290 g/mol. The van der Waals surface area contributed by atoms with E-state index < -0.39 is 11.0 Å². The molecular weight excluding hydrogens is 268 g/mol. The van der Waals surface area contributed by atoms with Crippen molar-refractivity contribution < 1.29 is 14.6 Å². The zero-order chi connectivity index (χ0) is 16.1. The number of hydrogen-bond acceptors (Lipinski definition) is 5. The third-order valence-corrected chi connectivity index (χ3v) is 3.82.